The lowest BCUT2D eigenvalue weighted by Crippen LogP contribution is -2.43. The van der Waals surface area contributed by atoms with Crippen LogP contribution >= 0.6 is 11.6 Å². The molecule has 1 saturated heterocycles. The topological polar surface area (TPSA) is 21.3 Å². The molecule has 0 spiro atoms. The lowest BCUT2D eigenvalue weighted by molar-refractivity contribution is 0.0324. The molecular weight excluding hydrogens is 253 g/mol. The van der Waals surface area contributed by atoms with Gasteiger partial charge < -0.3 is 10.1 Å². The summed E-state index contributed by atoms with van der Waals surface area (Å²) in [6.07, 6.45) is 1.69. The Balaban J connectivity index is 2.06. The molecule has 2 atom stereocenters. The van der Waals surface area contributed by atoms with Crippen molar-refractivity contribution >= 4 is 11.6 Å². The van der Waals surface area contributed by atoms with Crippen LogP contribution < -0.4 is 5.32 Å². The molecule has 0 radical (unpaired) electrons. The van der Waals surface area contributed by atoms with Crippen LogP contribution in [0.5, 0.6) is 0 Å². The summed E-state index contributed by atoms with van der Waals surface area (Å²) < 4.78 is 19.3. The molecule has 0 bridgehead atoms. The van der Waals surface area contributed by atoms with Crippen LogP contribution in [0.15, 0.2) is 18.2 Å². The normalized spacial score (nSPS) is 24.2. The van der Waals surface area contributed by atoms with Crippen LogP contribution in [-0.2, 0) is 11.2 Å². The molecule has 2 unspecified atom stereocenters. The first-order chi connectivity index (χ1) is 8.70. The largest absolute Gasteiger partial charge is 0.381 e. The number of nitrogens with one attached hydrogen (secondary N) is 1. The molecule has 100 valence electrons. The molecule has 1 aromatic rings. The number of halogens is 2. The highest BCUT2D eigenvalue weighted by Gasteiger charge is 2.25. The number of hydrogen-bond acceptors (Lipinski definition) is 2. The summed E-state index contributed by atoms with van der Waals surface area (Å²) in [7, 11) is 0. The van der Waals surface area contributed by atoms with Gasteiger partial charge in [0, 0.05) is 23.6 Å². The Morgan fingerprint density at radius 3 is 3.06 bits per heavy atom. The third kappa shape index (κ3) is 3.44. The van der Waals surface area contributed by atoms with Crippen LogP contribution in [0.1, 0.15) is 18.9 Å². The van der Waals surface area contributed by atoms with Gasteiger partial charge in [0.15, 0.2) is 0 Å². The highest BCUT2D eigenvalue weighted by molar-refractivity contribution is 6.30. The minimum absolute atomic E-state index is 0.219. The van der Waals surface area contributed by atoms with Gasteiger partial charge in [-0.15, -0.1) is 0 Å². The molecule has 2 rings (SSSR count). The maximum atomic E-state index is 13.8. The molecule has 1 aromatic carbocycles. The van der Waals surface area contributed by atoms with Crippen molar-refractivity contribution in [3.63, 3.8) is 0 Å². The SMILES string of the molecule is CCNC1CCOCC1Cc1ccc(Cl)cc1F. The summed E-state index contributed by atoms with van der Waals surface area (Å²) in [5, 5.41) is 3.90. The first-order valence-electron chi connectivity index (χ1n) is 6.45. The predicted octanol–water partition coefficient (Wildman–Crippen LogP) is 3.04. The molecule has 1 aliphatic heterocycles. The summed E-state index contributed by atoms with van der Waals surface area (Å²) in [4.78, 5) is 0. The van der Waals surface area contributed by atoms with E-state index in [-0.39, 0.29) is 5.82 Å². The molecule has 1 aliphatic rings. The first-order valence-corrected chi connectivity index (χ1v) is 6.83. The summed E-state index contributed by atoms with van der Waals surface area (Å²) in [5.74, 6) is 0.109. The zero-order valence-corrected chi connectivity index (χ0v) is 11.3. The van der Waals surface area contributed by atoms with Gasteiger partial charge in [-0.1, -0.05) is 24.6 Å². The van der Waals surface area contributed by atoms with Crippen molar-refractivity contribution in [1.82, 2.24) is 5.32 Å². The standard InChI is InChI=1S/C14H19ClFNO/c1-2-17-14-5-6-18-9-11(14)7-10-3-4-12(15)8-13(10)16/h3-4,8,11,14,17H,2,5-7,9H2,1H3. The fourth-order valence-corrected chi connectivity index (χ4v) is 2.66. The van der Waals surface area contributed by atoms with E-state index < -0.39 is 0 Å². The van der Waals surface area contributed by atoms with Crippen LogP contribution in [0, 0.1) is 11.7 Å². The van der Waals surface area contributed by atoms with Crippen molar-refractivity contribution in [2.45, 2.75) is 25.8 Å². The van der Waals surface area contributed by atoms with Crippen molar-refractivity contribution in [2.75, 3.05) is 19.8 Å². The molecule has 4 heteroatoms. The van der Waals surface area contributed by atoms with Crippen molar-refractivity contribution in [1.29, 1.82) is 0 Å². The molecule has 0 aromatic heterocycles. The van der Waals surface area contributed by atoms with E-state index in [1.54, 1.807) is 12.1 Å². The van der Waals surface area contributed by atoms with Crippen LogP contribution in [0.3, 0.4) is 0 Å². The van der Waals surface area contributed by atoms with Gasteiger partial charge in [0.1, 0.15) is 5.82 Å². The predicted molar refractivity (Wildman–Crippen MR) is 71.5 cm³/mol. The van der Waals surface area contributed by atoms with E-state index in [0.717, 1.165) is 25.1 Å². The van der Waals surface area contributed by atoms with Crippen LogP contribution in [0.4, 0.5) is 4.39 Å². The molecule has 0 amide bonds. The van der Waals surface area contributed by atoms with Gasteiger partial charge in [-0.2, -0.15) is 0 Å². The monoisotopic (exact) mass is 271 g/mol. The van der Waals surface area contributed by atoms with E-state index in [2.05, 4.69) is 12.2 Å². The Morgan fingerprint density at radius 1 is 1.50 bits per heavy atom. The second kappa shape index (κ2) is 6.50. The highest BCUT2D eigenvalue weighted by Crippen LogP contribution is 2.23. The van der Waals surface area contributed by atoms with E-state index in [9.17, 15) is 4.39 Å². The van der Waals surface area contributed by atoms with Gasteiger partial charge in [-0.05, 0) is 37.1 Å². The van der Waals surface area contributed by atoms with E-state index in [0.29, 0.717) is 30.0 Å². The van der Waals surface area contributed by atoms with E-state index in [4.69, 9.17) is 16.3 Å². The summed E-state index contributed by atoms with van der Waals surface area (Å²) >= 11 is 5.76. The Hall–Kier alpha value is -0.640. The van der Waals surface area contributed by atoms with Crippen molar-refractivity contribution in [3.8, 4) is 0 Å². The molecule has 0 aliphatic carbocycles. The number of hydrogen-bond donors (Lipinski definition) is 1. The zero-order chi connectivity index (χ0) is 13.0. The lowest BCUT2D eigenvalue weighted by atomic mass is 9.89. The van der Waals surface area contributed by atoms with Crippen LogP contribution in [0.2, 0.25) is 5.02 Å². The molecular formula is C14H19ClFNO. The van der Waals surface area contributed by atoms with Gasteiger partial charge in [0.25, 0.3) is 0 Å². The molecule has 1 heterocycles. The zero-order valence-electron chi connectivity index (χ0n) is 10.6. The molecule has 0 saturated carbocycles. The molecule has 2 nitrogen and oxygen atoms in total. The van der Waals surface area contributed by atoms with E-state index >= 15 is 0 Å². The molecule has 1 fully saturated rings. The van der Waals surface area contributed by atoms with E-state index in [1.807, 2.05) is 0 Å². The fourth-order valence-electron chi connectivity index (χ4n) is 2.50. The average molecular weight is 272 g/mol. The van der Waals surface area contributed by atoms with Crippen molar-refractivity contribution < 1.29 is 9.13 Å². The lowest BCUT2D eigenvalue weighted by Gasteiger charge is -2.32. The number of rotatable bonds is 4. The van der Waals surface area contributed by atoms with Crippen LogP contribution in [-0.4, -0.2) is 25.8 Å². The first kappa shape index (κ1) is 13.8. The van der Waals surface area contributed by atoms with Gasteiger partial charge in [0.05, 0.1) is 6.61 Å². The quantitative estimate of drug-likeness (QED) is 0.909. The Kier molecular flexibility index (Phi) is 4.98. The Morgan fingerprint density at radius 2 is 2.33 bits per heavy atom. The van der Waals surface area contributed by atoms with Crippen molar-refractivity contribution in [2.24, 2.45) is 5.92 Å². The van der Waals surface area contributed by atoms with Gasteiger partial charge in [-0.25, -0.2) is 4.39 Å². The maximum absolute atomic E-state index is 13.8. The summed E-state index contributed by atoms with van der Waals surface area (Å²) in [5.41, 5.74) is 0.720. The Labute approximate surface area is 112 Å². The van der Waals surface area contributed by atoms with Gasteiger partial charge in [0.2, 0.25) is 0 Å². The molecule has 1 N–H and O–H groups in total. The van der Waals surface area contributed by atoms with Gasteiger partial charge in [-0.3, -0.25) is 0 Å². The van der Waals surface area contributed by atoms with Crippen LogP contribution in [0.25, 0.3) is 0 Å². The summed E-state index contributed by atoms with van der Waals surface area (Å²) in [6.45, 7) is 4.51. The maximum Gasteiger partial charge on any atom is 0.127 e. The molecule has 18 heavy (non-hydrogen) atoms. The third-order valence-corrected chi connectivity index (χ3v) is 3.67. The smallest absolute Gasteiger partial charge is 0.127 e. The fraction of sp³-hybridized carbons (Fsp3) is 0.571. The van der Waals surface area contributed by atoms with E-state index in [1.165, 1.54) is 6.07 Å². The minimum atomic E-state index is -0.219. The third-order valence-electron chi connectivity index (χ3n) is 3.44. The number of ether oxygens (including phenoxy) is 1. The second-order valence-electron chi connectivity index (χ2n) is 4.73. The minimum Gasteiger partial charge on any atom is -0.381 e. The number of benzene rings is 1. The van der Waals surface area contributed by atoms with Crippen molar-refractivity contribution in [3.05, 3.63) is 34.6 Å². The van der Waals surface area contributed by atoms with Gasteiger partial charge >= 0.3 is 0 Å². The summed E-state index contributed by atoms with van der Waals surface area (Å²) in [6, 6.07) is 5.31. The highest BCUT2D eigenvalue weighted by atomic mass is 35.5. The average Bonchev–Trinajstić information content (AvgIpc) is 2.35. The Bertz CT molecular complexity index is 397. The second-order valence-corrected chi connectivity index (χ2v) is 5.16.